The van der Waals surface area contributed by atoms with E-state index in [0.29, 0.717) is 0 Å². The molecule has 2 aliphatic carbocycles. The fourth-order valence-corrected chi connectivity index (χ4v) is 3.77. The van der Waals surface area contributed by atoms with Crippen LogP contribution in [0.25, 0.3) is 0 Å². The van der Waals surface area contributed by atoms with Crippen LogP contribution in [-0.4, -0.2) is 0 Å². The Morgan fingerprint density at radius 2 is 1.20 bits per heavy atom. The summed E-state index contributed by atoms with van der Waals surface area (Å²) < 4.78 is 0. The van der Waals surface area contributed by atoms with Gasteiger partial charge in [-0.05, 0) is 55.3 Å². The molecule has 2 aliphatic rings. The molecule has 3 atom stereocenters. The Labute approximate surface area is 95.8 Å². The van der Waals surface area contributed by atoms with E-state index in [1.165, 1.54) is 44.9 Å². The summed E-state index contributed by atoms with van der Waals surface area (Å²) >= 11 is 0. The van der Waals surface area contributed by atoms with Crippen LogP contribution >= 0.6 is 0 Å². The first kappa shape index (κ1) is 11.5. The molecule has 2 saturated carbocycles. The van der Waals surface area contributed by atoms with Crippen molar-refractivity contribution in [1.82, 2.24) is 0 Å². The van der Waals surface area contributed by atoms with Crippen LogP contribution in [0.15, 0.2) is 0 Å². The Balaban J connectivity index is 1.84. The van der Waals surface area contributed by atoms with E-state index in [0.717, 1.165) is 29.6 Å². The van der Waals surface area contributed by atoms with Crippen molar-refractivity contribution in [2.45, 2.75) is 65.7 Å². The molecule has 0 aromatic carbocycles. The van der Waals surface area contributed by atoms with Crippen LogP contribution in [0.2, 0.25) is 0 Å². The summed E-state index contributed by atoms with van der Waals surface area (Å²) in [6.45, 7) is 7.36. The highest BCUT2D eigenvalue weighted by atomic mass is 14.4. The molecule has 0 amide bonds. The van der Waals surface area contributed by atoms with E-state index in [-0.39, 0.29) is 0 Å². The quantitative estimate of drug-likeness (QED) is 0.576. The van der Waals surface area contributed by atoms with Gasteiger partial charge in [0.05, 0.1) is 0 Å². The first-order chi connectivity index (χ1) is 7.16. The molecular formula is C15H28. The van der Waals surface area contributed by atoms with Crippen molar-refractivity contribution in [1.29, 1.82) is 0 Å². The smallest absolute Gasteiger partial charge is 0.0383 e. The minimum absolute atomic E-state index is 0.989. The second-order valence-electron chi connectivity index (χ2n) is 6.55. The van der Waals surface area contributed by atoms with E-state index in [1.807, 2.05) is 0 Å². The molecule has 0 heterocycles. The SMILES string of the molecule is CC1CCC([C@@H]2CCC(C)[C@H](C)C2)CC1. The van der Waals surface area contributed by atoms with Gasteiger partial charge in [-0.3, -0.25) is 0 Å². The van der Waals surface area contributed by atoms with Crippen molar-refractivity contribution in [2.75, 3.05) is 0 Å². The molecule has 0 aromatic rings. The van der Waals surface area contributed by atoms with Gasteiger partial charge in [0.1, 0.15) is 0 Å². The fraction of sp³-hybridized carbons (Fsp3) is 1.00. The van der Waals surface area contributed by atoms with Gasteiger partial charge in [-0.1, -0.05) is 40.0 Å². The van der Waals surface area contributed by atoms with Crippen LogP contribution in [0.4, 0.5) is 0 Å². The molecule has 0 aromatic heterocycles. The van der Waals surface area contributed by atoms with Crippen LogP contribution in [0.5, 0.6) is 0 Å². The highest BCUT2D eigenvalue weighted by Gasteiger charge is 2.31. The van der Waals surface area contributed by atoms with Crippen molar-refractivity contribution in [2.24, 2.45) is 29.6 Å². The first-order valence-electron chi connectivity index (χ1n) is 7.16. The average molecular weight is 208 g/mol. The molecule has 0 saturated heterocycles. The van der Waals surface area contributed by atoms with Crippen molar-refractivity contribution in [3.8, 4) is 0 Å². The molecule has 1 unspecified atom stereocenters. The summed E-state index contributed by atoms with van der Waals surface area (Å²) in [5, 5.41) is 0. The zero-order chi connectivity index (χ0) is 10.8. The Morgan fingerprint density at radius 3 is 1.80 bits per heavy atom. The molecule has 0 radical (unpaired) electrons. The van der Waals surface area contributed by atoms with Gasteiger partial charge in [0.15, 0.2) is 0 Å². The third kappa shape index (κ3) is 2.77. The monoisotopic (exact) mass is 208 g/mol. The lowest BCUT2D eigenvalue weighted by atomic mass is 9.67. The van der Waals surface area contributed by atoms with E-state index < -0.39 is 0 Å². The largest absolute Gasteiger partial charge is 0.0625 e. The lowest BCUT2D eigenvalue weighted by Gasteiger charge is -2.39. The maximum atomic E-state index is 2.47. The normalized spacial score (nSPS) is 47.8. The number of rotatable bonds is 1. The molecule has 0 nitrogen and oxygen atoms in total. The van der Waals surface area contributed by atoms with Gasteiger partial charge < -0.3 is 0 Å². The van der Waals surface area contributed by atoms with Gasteiger partial charge in [0.2, 0.25) is 0 Å². The number of hydrogen-bond acceptors (Lipinski definition) is 0. The molecule has 2 fully saturated rings. The van der Waals surface area contributed by atoms with Crippen LogP contribution in [0.3, 0.4) is 0 Å². The minimum Gasteiger partial charge on any atom is -0.0625 e. The van der Waals surface area contributed by atoms with Gasteiger partial charge in [0.25, 0.3) is 0 Å². The van der Waals surface area contributed by atoms with Crippen molar-refractivity contribution in [3.63, 3.8) is 0 Å². The lowest BCUT2D eigenvalue weighted by molar-refractivity contribution is 0.120. The summed E-state index contributed by atoms with van der Waals surface area (Å²) in [6.07, 6.45) is 10.6. The van der Waals surface area contributed by atoms with Gasteiger partial charge >= 0.3 is 0 Å². The lowest BCUT2D eigenvalue weighted by Crippen LogP contribution is -2.28. The van der Waals surface area contributed by atoms with Crippen LogP contribution < -0.4 is 0 Å². The van der Waals surface area contributed by atoms with Gasteiger partial charge in [0, 0.05) is 0 Å². The summed E-state index contributed by atoms with van der Waals surface area (Å²) in [5.41, 5.74) is 0. The zero-order valence-electron chi connectivity index (χ0n) is 10.8. The molecule has 0 aliphatic heterocycles. The highest BCUT2D eigenvalue weighted by molar-refractivity contribution is 4.82. The van der Waals surface area contributed by atoms with E-state index >= 15 is 0 Å². The Hall–Kier alpha value is 0. The molecule has 0 bridgehead atoms. The minimum atomic E-state index is 0.989. The van der Waals surface area contributed by atoms with Gasteiger partial charge in [-0.25, -0.2) is 0 Å². The molecular weight excluding hydrogens is 180 g/mol. The number of hydrogen-bond donors (Lipinski definition) is 0. The fourth-order valence-electron chi connectivity index (χ4n) is 3.77. The van der Waals surface area contributed by atoms with Crippen molar-refractivity contribution >= 4 is 0 Å². The Morgan fingerprint density at radius 1 is 0.600 bits per heavy atom. The Kier molecular flexibility index (Phi) is 3.74. The second-order valence-corrected chi connectivity index (χ2v) is 6.55. The van der Waals surface area contributed by atoms with Crippen molar-refractivity contribution < 1.29 is 0 Å². The van der Waals surface area contributed by atoms with Crippen LogP contribution in [0.1, 0.15) is 65.7 Å². The molecule has 0 spiro atoms. The van der Waals surface area contributed by atoms with Gasteiger partial charge in [-0.15, -0.1) is 0 Å². The second kappa shape index (κ2) is 4.89. The van der Waals surface area contributed by atoms with Crippen LogP contribution in [0, 0.1) is 29.6 Å². The van der Waals surface area contributed by atoms with Crippen LogP contribution in [-0.2, 0) is 0 Å². The maximum absolute atomic E-state index is 2.47. The third-order valence-corrected chi connectivity index (χ3v) is 5.37. The predicted molar refractivity (Wildman–Crippen MR) is 66.8 cm³/mol. The first-order valence-corrected chi connectivity index (χ1v) is 7.16. The van der Waals surface area contributed by atoms with E-state index in [9.17, 15) is 0 Å². The summed E-state index contributed by atoms with van der Waals surface area (Å²) in [4.78, 5) is 0. The Bertz CT molecular complexity index is 188. The molecule has 0 N–H and O–H groups in total. The van der Waals surface area contributed by atoms with E-state index in [1.54, 1.807) is 0 Å². The summed E-state index contributed by atoms with van der Waals surface area (Å²) in [7, 11) is 0. The maximum Gasteiger partial charge on any atom is -0.0383 e. The summed E-state index contributed by atoms with van der Waals surface area (Å²) in [6, 6.07) is 0. The topological polar surface area (TPSA) is 0 Å². The molecule has 88 valence electrons. The molecule has 15 heavy (non-hydrogen) atoms. The predicted octanol–water partition coefficient (Wildman–Crippen LogP) is 4.89. The molecule has 2 rings (SSSR count). The van der Waals surface area contributed by atoms with E-state index in [2.05, 4.69) is 20.8 Å². The van der Waals surface area contributed by atoms with E-state index in [4.69, 9.17) is 0 Å². The van der Waals surface area contributed by atoms with Gasteiger partial charge in [-0.2, -0.15) is 0 Å². The standard InChI is InChI=1S/C15H28/c1-11-4-7-14(8-5-11)15-9-6-12(2)13(3)10-15/h11-15H,4-10H2,1-3H3/t11?,12?,13-,14?,15-/m1/s1. The average Bonchev–Trinajstić information content (AvgIpc) is 2.23. The molecule has 0 heteroatoms. The summed E-state index contributed by atoms with van der Waals surface area (Å²) in [5.74, 6) is 5.17. The highest BCUT2D eigenvalue weighted by Crippen LogP contribution is 2.43. The third-order valence-electron chi connectivity index (χ3n) is 5.37. The zero-order valence-corrected chi connectivity index (χ0v) is 10.8. The van der Waals surface area contributed by atoms with Crippen molar-refractivity contribution in [3.05, 3.63) is 0 Å².